The second-order valence-corrected chi connectivity index (χ2v) is 6.01. The molecule has 0 bridgehead atoms. The summed E-state index contributed by atoms with van der Waals surface area (Å²) in [6, 6.07) is 16.1. The quantitative estimate of drug-likeness (QED) is 0.846. The first-order valence-corrected chi connectivity index (χ1v) is 7.06. The van der Waals surface area contributed by atoms with E-state index in [1.807, 2.05) is 18.2 Å². The number of fused-ring (bicyclic) bond motifs is 1. The van der Waals surface area contributed by atoms with Crippen LogP contribution in [0.5, 0.6) is 5.75 Å². The Morgan fingerprint density at radius 3 is 2.55 bits per heavy atom. The Morgan fingerprint density at radius 1 is 1.05 bits per heavy atom. The van der Waals surface area contributed by atoms with Gasteiger partial charge in [0, 0.05) is 5.92 Å². The van der Waals surface area contributed by atoms with Gasteiger partial charge in [0.15, 0.2) is 0 Å². The largest absolute Gasteiger partial charge is 0.508 e. The summed E-state index contributed by atoms with van der Waals surface area (Å²) in [5, 5.41) is 9.64. The zero-order chi connectivity index (χ0) is 14.2. The highest BCUT2D eigenvalue weighted by Gasteiger charge is 2.34. The molecule has 0 aromatic heterocycles. The van der Waals surface area contributed by atoms with E-state index in [4.69, 9.17) is 4.74 Å². The molecule has 0 aliphatic carbocycles. The second kappa shape index (κ2) is 4.95. The summed E-state index contributed by atoms with van der Waals surface area (Å²) in [6.45, 7) is 4.85. The Morgan fingerprint density at radius 2 is 1.80 bits per heavy atom. The summed E-state index contributed by atoms with van der Waals surface area (Å²) in [6.07, 6.45) is 0.937. The van der Waals surface area contributed by atoms with Gasteiger partial charge in [0.1, 0.15) is 5.75 Å². The first-order chi connectivity index (χ1) is 9.56. The third-order valence-corrected chi connectivity index (χ3v) is 4.25. The van der Waals surface area contributed by atoms with Gasteiger partial charge in [-0.05, 0) is 49.1 Å². The highest BCUT2D eigenvalue weighted by molar-refractivity contribution is 5.38. The number of phenols is 1. The molecule has 2 nitrogen and oxygen atoms in total. The maximum Gasteiger partial charge on any atom is 0.115 e. The Balaban J connectivity index is 2.02. The molecule has 3 rings (SSSR count). The van der Waals surface area contributed by atoms with Crippen molar-refractivity contribution in [3.8, 4) is 5.75 Å². The predicted octanol–water partition coefficient (Wildman–Crippen LogP) is 4.03. The topological polar surface area (TPSA) is 29.5 Å². The van der Waals surface area contributed by atoms with E-state index in [1.54, 1.807) is 6.07 Å². The Labute approximate surface area is 120 Å². The molecule has 1 atom stereocenters. The minimum absolute atomic E-state index is 0.226. The van der Waals surface area contributed by atoms with Crippen LogP contribution < -0.4 is 0 Å². The van der Waals surface area contributed by atoms with Crippen molar-refractivity contribution in [2.24, 2.45) is 0 Å². The van der Waals surface area contributed by atoms with E-state index in [-0.39, 0.29) is 5.60 Å². The van der Waals surface area contributed by atoms with Gasteiger partial charge in [-0.15, -0.1) is 0 Å². The van der Waals surface area contributed by atoms with Gasteiger partial charge < -0.3 is 9.84 Å². The van der Waals surface area contributed by atoms with Crippen molar-refractivity contribution in [1.29, 1.82) is 0 Å². The molecule has 1 heterocycles. The summed E-state index contributed by atoms with van der Waals surface area (Å²) in [5.74, 6) is 0.623. The van der Waals surface area contributed by atoms with Crippen molar-refractivity contribution in [2.45, 2.75) is 38.4 Å². The Kier molecular flexibility index (Phi) is 3.27. The van der Waals surface area contributed by atoms with Gasteiger partial charge in [-0.25, -0.2) is 0 Å². The molecule has 1 aliphatic heterocycles. The van der Waals surface area contributed by atoms with Crippen molar-refractivity contribution >= 4 is 0 Å². The van der Waals surface area contributed by atoms with E-state index in [2.05, 4.69) is 38.1 Å². The normalized spacial score (nSPS) is 21.0. The Hall–Kier alpha value is -1.80. The fraction of sp³-hybridized carbons (Fsp3) is 0.333. The van der Waals surface area contributed by atoms with Gasteiger partial charge in [-0.2, -0.15) is 0 Å². The van der Waals surface area contributed by atoms with Crippen LogP contribution in [-0.2, 0) is 17.8 Å². The molecule has 2 aromatic carbocycles. The Bertz CT molecular complexity index is 602. The minimum Gasteiger partial charge on any atom is -0.508 e. The summed E-state index contributed by atoms with van der Waals surface area (Å²) < 4.78 is 6.13. The average molecular weight is 268 g/mol. The molecular weight excluding hydrogens is 248 g/mol. The summed E-state index contributed by atoms with van der Waals surface area (Å²) >= 11 is 0. The van der Waals surface area contributed by atoms with Crippen molar-refractivity contribution in [1.82, 2.24) is 0 Å². The van der Waals surface area contributed by atoms with Crippen LogP contribution >= 0.6 is 0 Å². The molecule has 1 aliphatic rings. The number of ether oxygens (including phenoxy) is 1. The zero-order valence-electron chi connectivity index (χ0n) is 12.0. The molecule has 20 heavy (non-hydrogen) atoms. The van der Waals surface area contributed by atoms with Crippen molar-refractivity contribution in [3.63, 3.8) is 0 Å². The lowest BCUT2D eigenvalue weighted by Gasteiger charge is -2.33. The first kappa shape index (κ1) is 13.2. The van der Waals surface area contributed by atoms with E-state index in [0.29, 0.717) is 18.3 Å². The van der Waals surface area contributed by atoms with Crippen LogP contribution in [0.1, 0.15) is 36.5 Å². The number of aromatic hydroxyl groups is 1. The summed E-state index contributed by atoms with van der Waals surface area (Å²) in [4.78, 5) is 0. The van der Waals surface area contributed by atoms with Crippen LogP contribution in [0, 0.1) is 0 Å². The number of rotatable bonds is 1. The number of benzene rings is 2. The molecular formula is C18H20O2. The van der Waals surface area contributed by atoms with Gasteiger partial charge >= 0.3 is 0 Å². The third kappa shape index (κ3) is 2.44. The van der Waals surface area contributed by atoms with Gasteiger partial charge in [0.2, 0.25) is 0 Å². The lowest BCUT2D eigenvalue weighted by atomic mass is 9.80. The molecule has 0 saturated heterocycles. The highest BCUT2D eigenvalue weighted by Crippen LogP contribution is 2.39. The van der Waals surface area contributed by atoms with Crippen molar-refractivity contribution < 1.29 is 9.84 Å². The molecule has 0 saturated carbocycles. The minimum atomic E-state index is -0.226. The van der Waals surface area contributed by atoms with Gasteiger partial charge in [0.25, 0.3) is 0 Å². The van der Waals surface area contributed by atoms with E-state index < -0.39 is 0 Å². The molecule has 2 heteroatoms. The lowest BCUT2D eigenvalue weighted by molar-refractivity contribution is -0.0434. The summed E-state index contributed by atoms with van der Waals surface area (Å²) in [5.41, 5.74) is 3.44. The second-order valence-electron chi connectivity index (χ2n) is 6.01. The van der Waals surface area contributed by atoms with Crippen molar-refractivity contribution in [3.05, 3.63) is 65.2 Å². The molecule has 1 unspecified atom stereocenters. The molecule has 0 radical (unpaired) electrons. The van der Waals surface area contributed by atoms with Crippen LogP contribution in [-0.4, -0.2) is 10.7 Å². The fourth-order valence-corrected chi connectivity index (χ4v) is 2.98. The maximum atomic E-state index is 9.64. The van der Waals surface area contributed by atoms with Crippen molar-refractivity contribution in [2.75, 3.05) is 0 Å². The third-order valence-electron chi connectivity index (χ3n) is 4.25. The number of hydrogen-bond acceptors (Lipinski definition) is 2. The molecule has 104 valence electrons. The monoisotopic (exact) mass is 268 g/mol. The standard InChI is InChI=1S/C18H20O2/c1-18(2)17(13-6-4-3-5-7-13)11-14-8-9-16(19)10-15(14)12-20-18/h3-10,17,19H,11-12H2,1-2H3. The van der Waals surface area contributed by atoms with E-state index in [0.717, 1.165) is 12.0 Å². The van der Waals surface area contributed by atoms with Crippen LogP contribution in [0.3, 0.4) is 0 Å². The smallest absolute Gasteiger partial charge is 0.115 e. The molecule has 0 spiro atoms. The van der Waals surface area contributed by atoms with Gasteiger partial charge in [-0.3, -0.25) is 0 Å². The van der Waals surface area contributed by atoms with E-state index in [9.17, 15) is 5.11 Å². The zero-order valence-corrected chi connectivity index (χ0v) is 12.0. The predicted molar refractivity (Wildman–Crippen MR) is 79.9 cm³/mol. The number of phenolic OH excluding ortho intramolecular Hbond substituents is 1. The van der Waals surface area contributed by atoms with E-state index in [1.165, 1.54) is 11.1 Å². The molecule has 1 N–H and O–H groups in total. The molecule has 0 amide bonds. The van der Waals surface area contributed by atoms with Crippen LogP contribution in [0.2, 0.25) is 0 Å². The maximum absolute atomic E-state index is 9.64. The van der Waals surface area contributed by atoms with E-state index >= 15 is 0 Å². The van der Waals surface area contributed by atoms with Crippen LogP contribution in [0.25, 0.3) is 0 Å². The highest BCUT2D eigenvalue weighted by atomic mass is 16.5. The average Bonchev–Trinajstić information content (AvgIpc) is 2.57. The molecule has 0 fully saturated rings. The van der Waals surface area contributed by atoms with Gasteiger partial charge in [0.05, 0.1) is 12.2 Å². The lowest BCUT2D eigenvalue weighted by Crippen LogP contribution is -2.32. The first-order valence-electron chi connectivity index (χ1n) is 7.06. The van der Waals surface area contributed by atoms with Gasteiger partial charge in [-0.1, -0.05) is 36.4 Å². The molecule has 2 aromatic rings. The van der Waals surface area contributed by atoms with Crippen LogP contribution in [0.15, 0.2) is 48.5 Å². The summed E-state index contributed by atoms with van der Waals surface area (Å²) in [7, 11) is 0. The fourth-order valence-electron chi connectivity index (χ4n) is 2.98. The van der Waals surface area contributed by atoms with Crippen LogP contribution in [0.4, 0.5) is 0 Å². The number of hydrogen-bond donors (Lipinski definition) is 1. The SMILES string of the molecule is CC1(C)OCc2cc(O)ccc2CC1c1ccccc1.